The Kier molecular flexibility index (Phi) is 7.20. The van der Waals surface area contributed by atoms with Crippen LogP contribution in [0.3, 0.4) is 0 Å². The van der Waals surface area contributed by atoms with Crippen LogP contribution >= 0.6 is 23.2 Å². The summed E-state index contributed by atoms with van der Waals surface area (Å²) < 4.78 is 6.01. The van der Waals surface area contributed by atoms with Gasteiger partial charge in [0, 0.05) is 37.8 Å². The molecule has 0 aliphatic carbocycles. The number of nitrogens with zero attached hydrogens (tertiary/aromatic N) is 1. The highest BCUT2D eigenvalue weighted by Crippen LogP contribution is 2.24. The second-order valence-electron chi connectivity index (χ2n) is 7.13. The van der Waals surface area contributed by atoms with E-state index in [0.717, 1.165) is 38.4 Å². The summed E-state index contributed by atoms with van der Waals surface area (Å²) in [5.41, 5.74) is 3.44. The topological polar surface area (TPSA) is 24.5 Å². The lowest BCUT2D eigenvalue weighted by Crippen LogP contribution is -2.50. The molecule has 27 heavy (non-hydrogen) atoms. The minimum absolute atomic E-state index is 0.136. The molecule has 0 spiro atoms. The lowest BCUT2D eigenvalue weighted by atomic mass is 10.1. The van der Waals surface area contributed by atoms with Crippen LogP contribution in [0.2, 0.25) is 10.0 Å². The van der Waals surface area contributed by atoms with Gasteiger partial charge >= 0.3 is 0 Å². The van der Waals surface area contributed by atoms with Gasteiger partial charge in [-0.05, 0) is 30.2 Å². The molecule has 0 bridgehead atoms. The highest BCUT2D eigenvalue weighted by Gasteiger charge is 2.26. The number of halogens is 2. The second-order valence-corrected chi connectivity index (χ2v) is 7.94. The van der Waals surface area contributed by atoms with E-state index in [0.29, 0.717) is 16.1 Å². The molecule has 3 nitrogen and oxygen atoms in total. The summed E-state index contributed by atoms with van der Waals surface area (Å²) in [6, 6.07) is 16.6. The van der Waals surface area contributed by atoms with Gasteiger partial charge in [0.05, 0.1) is 22.8 Å². The molecule has 1 fully saturated rings. The average Bonchev–Trinajstić information content (AvgIpc) is 2.66. The first-order valence-electron chi connectivity index (χ1n) is 9.26. The maximum atomic E-state index is 6.15. The van der Waals surface area contributed by atoms with Crippen LogP contribution in [0.5, 0.6) is 0 Å². The number of nitrogens with one attached hydrogen (secondary N) is 1. The zero-order valence-corrected chi connectivity index (χ0v) is 17.1. The number of benzene rings is 2. The van der Waals surface area contributed by atoms with Crippen LogP contribution in [0.4, 0.5) is 0 Å². The van der Waals surface area contributed by atoms with Gasteiger partial charge in [-0.1, -0.05) is 66.2 Å². The van der Waals surface area contributed by atoms with Gasteiger partial charge in [0.15, 0.2) is 0 Å². The predicted octanol–water partition coefficient (Wildman–Crippen LogP) is 4.93. The van der Waals surface area contributed by atoms with Crippen molar-refractivity contribution in [2.24, 2.45) is 0 Å². The van der Waals surface area contributed by atoms with E-state index >= 15 is 0 Å². The van der Waals surface area contributed by atoms with E-state index in [-0.39, 0.29) is 6.10 Å². The molecule has 3 rings (SSSR count). The summed E-state index contributed by atoms with van der Waals surface area (Å²) in [5.74, 6) is 0. The number of morpholine rings is 1. The van der Waals surface area contributed by atoms with Crippen molar-refractivity contribution < 1.29 is 4.74 Å². The predicted molar refractivity (Wildman–Crippen MR) is 113 cm³/mol. The smallest absolute Gasteiger partial charge is 0.0874 e. The number of rotatable bonds is 7. The molecule has 1 aliphatic heterocycles. The standard InChI is InChI=1S/C22H26Cl2N2O/c1-16(10-18-6-4-3-5-7-18)25-12-20-14-26(17(2)15-27-20)13-19-8-9-21(23)22(24)11-19/h3-9,11,17,20,25H,1,10,12-15H2,2H3/t17-,20-/m0/s1. The Balaban J connectivity index is 1.50. The molecule has 1 heterocycles. The summed E-state index contributed by atoms with van der Waals surface area (Å²) in [5, 5.41) is 4.63. The van der Waals surface area contributed by atoms with E-state index in [4.69, 9.17) is 27.9 Å². The maximum Gasteiger partial charge on any atom is 0.0874 e. The van der Waals surface area contributed by atoms with E-state index in [1.165, 1.54) is 11.1 Å². The molecule has 0 aromatic heterocycles. The fourth-order valence-electron chi connectivity index (χ4n) is 3.25. The largest absolute Gasteiger partial charge is 0.386 e. The van der Waals surface area contributed by atoms with Crippen molar-refractivity contribution in [2.45, 2.75) is 32.0 Å². The highest BCUT2D eigenvalue weighted by molar-refractivity contribution is 6.42. The van der Waals surface area contributed by atoms with E-state index in [1.54, 1.807) is 0 Å². The van der Waals surface area contributed by atoms with Gasteiger partial charge in [0.1, 0.15) is 0 Å². The van der Waals surface area contributed by atoms with Gasteiger partial charge in [-0.15, -0.1) is 0 Å². The van der Waals surface area contributed by atoms with Crippen molar-refractivity contribution in [1.82, 2.24) is 10.2 Å². The van der Waals surface area contributed by atoms with Gasteiger partial charge in [0.25, 0.3) is 0 Å². The molecule has 0 amide bonds. The maximum absolute atomic E-state index is 6.15. The van der Waals surface area contributed by atoms with Gasteiger partial charge in [-0.25, -0.2) is 0 Å². The number of allylic oxidation sites excluding steroid dienone is 1. The van der Waals surface area contributed by atoms with E-state index in [1.807, 2.05) is 24.3 Å². The highest BCUT2D eigenvalue weighted by atomic mass is 35.5. The molecule has 0 radical (unpaired) electrons. The van der Waals surface area contributed by atoms with Crippen molar-refractivity contribution in [1.29, 1.82) is 0 Å². The van der Waals surface area contributed by atoms with Crippen molar-refractivity contribution >= 4 is 23.2 Å². The van der Waals surface area contributed by atoms with Crippen LogP contribution in [0.25, 0.3) is 0 Å². The minimum atomic E-state index is 0.136. The number of hydrogen-bond donors (Lipinski definition) is 1. The van der Waals surface area contributed by atoms with Crippen LogP contribution in [-0.2, 0) is 17.7 Å². The van der Waals surface area contributed by atoms with Crippen molar-refractivity contribution in [3.8, 4) is 0 Å². The Morgan fingerprint density at radius 1 is 1.15 bits per heavy atom. The molecule has 2 aromatic carbocycles. The zero-order valence-electron chi connectivity index (χ0n) is 15.6. The Morgan fingerprint density at radius 3 is 2.67 bits per heavy atom. The quantitative estimate of drug-likeness (QED) is 0.707. The molecule has 2 atom stereocenters. The zero-order chi connectivity index (χ0) is 19.2. The third-order valence-electron chi connectivity index (χ3n) is 4.84. The summed E-state index contributed by atoms with van der Waals surface area (Å²) in [4.78, 5) is 2.43. The summed E-state index contributed by atoms with van der Waals surface area (Å²) in [6.45, 7) is 9.52. The van der Waals surface area contributed by atoms with E-state index < -0.39 is 0 Å². The lowest BCUT2D eigenvalue weighted by Gasteiger charge is -2.38. The van der Waals surface area contributed by atoms with E-state index in [2.05, 4.69) is 48.0 Å². The second kappa shape index (κ2) is 9.61. The summed E-state index contributed by atoms with van der Waals surface area (Å²) >= 11 is 12.2. The fourth-order valence-corrected chi connectivity index (χ4v) is 3.57. The molecule has 1 saturated heterocycles. The first-order valence-corrected chi connectivity index (χ1v) is 10.0. The molecule has 1 N–H and O–H groups in total. The average molecular weight is 405 g/mol. The molecule has 5 heteroatoms. The van der Waals surface area contributed by atoms with Gasteiger partial charge < -0.3 is 10.1 Å². The third kappa shape index (κ3) is 5.98. The van der Waals surface area contributed by atoms with Crippen molar-refractivity contribution in [2.75, 3.05) is 19.7 Å². The molecule has 0 unspecified atom stereocenters. The SMILES string of the molecule is C=C(Cc1ccccc1)NC[C@H]1CN(Cc2ccc(Cl)c(Cl)c2)[C@@H](C)CO1. The van der Waals surface area contributed by atoms with Crippen LogP contribution < -0.4 is 5.32 Å². The molecule has 2 aromatic rings. The van der Waals surface area contributed by atoms with Crippen LogP contribution in [0.15, 0.2) is 60.8 Å². The first kappa shape index (κ1) is 20.2. The molecular formula is C22H26Cl2N2O. The van der Waals surface area contributed by atoms with Crippen LogP contribution in [-0.4, -0.2) is 36.7 Å². The molecular weight excluding hydrogens is 379 g/mol. The van der Waals surface area contributed by atoms with Crippen molar-refractivity contribution in [3.05, 3.63) is 82.0 Å². The Hall–Kier alpha value is -1.52. The Morgan fingerprint density at radius 2 is 1.93 bits per heavy atom. The molecule has 144 valence electrons. The Labute approximate surface area is 171 Å². The Bertz CT molecular complexity index is 766. The van der Waals surface area contributed by atoms with Gasteiger partial charge in [-0.2, -0.15) is 0 Å². The van der Waals surface area contributed by atoms with Gasteiger partial charge in [0.2, 0.25) is 0 Å². The minimum Gasteiger partial charge on any atom is -0.386 e. The molecule has 1 aliphatic rings. The van der Waals surface area contributed by atoms with Crippen molar-refractivity contribution in [3.63, 3.8) is 0 Å². The fraction of sp³-hybridized carbons (Fsp3) is 0.364. The lowest BCUT2D eigenvalue weighted by molar-refractivity contribution is -0.0591. The summed E-state index contributed by atoms with van der Waals surface area (Å²) in [6.07, 6.45) is 0.966. The normalized spacial score (nSPS) is 20.4. The number of ether oxygens (including phenoxy) is 1. The molecule has 0 saturated carbocycles. The number of hydrogen-bond acceptors (Lipinski definition) is 3. The van der Waals surface area contributed by atoms with Crippen LogP contribution in [0, 0.1) is 0 Å². The third-order valence-corrected chi connectivity index (χ3v) is 5.58. The van der Waals surface area contributed by atoms with Crippen LogP contribution in [0.1, 0.15) is 18.1 Å². The van der Waals surface area contributed by atoms with Gasteiger partial charge in [-0.3, -0.25) is 4.90 Å². The van der Waals surface area contributed by atoms with E-state index in [9.17, 15) is 0 Å². The monoisotopic (exact) mass is 404 g/mol. The summed E-state index contributed by atoms with van der Waals surface area (Å²) in [7, 11) is 0. The first-order chi connectivity index (χ1) is 13.0.